The van der Waals surface area contributed by atoms with E-state index in [0.717, 1.165) is 19.6 Å². The second kappa shape index (κ2) is 7.51. The van der Waals surface area contributed by atoms with Crippen molar-refractivity contribution in [2.24, 2.45) is 11.7 Å². The minimum atomic E-state index is 0.268. The van der Waals surface area contributed by atoms with Gasteiger partial charge in [-0.1, -0.05) is 23.2 Å². The second-order valence-corrected chi connectivity index (χ2v) is 6.33. The van der Waals surface area contributed by atoms with Crippen LogP contribution in [0.15, 0.2) is 18.2 Å². The Morgan fingerprint density at radius 1 is 1.45 bits per heavy atom. The maximum atomic E-state index is 6.08. The lowest BCUT2D eigenvalue weighted by molar-refractivity contribution is 0.137. The van der Waals surface area contributed by atoms with Crippen LogP contribution in [0.4, 0.5) is 0 Å². The molecule has 20 heavy (non-hydrogen) atoms. The van der Waals surface area contributed by atoms with Crippen molar-refractivity contribution < 1.29 is 4.74 Å². The number of halogens is 2. The summed E-state index contributed by atoms with van der Waals surface area (Å²) in [6.45, 7) is 5.82. The van der Waals surface area contributed by atoms with Crippen LogP contribution in [0, 0.1) is 5.92 Å². The smallest absolute Gasteiger partial charge is 0.138 e. The Kier molecular flexibility index (Phi) is 5.97. The van der Waals surface area contributed by atoms with E-state index < -0.39 is 0 Å². The Morgan fingerprint density at radius 2 is 2.25 bits per heavy atom. The van der Waals surface area contributed by atoms with Crippen molar-refractivity contribution in [2.75, 3.05) is 26.2 Å². The van der Waals surface area contributed by atoms with Gasteiger partial charge in [0.25, 0.3) is 0 Å². The van der Waals surface area contributed by atoms with E-state index in [1.807, 2.05) is 6.07 Å². The van der Waals surface area contributed by atoms with Crippen LogP contribution >= 0.6 is 23.2 Å². The van der Waals surface area contributed by atoms with Gasteiger partial charge in [0.1, 0.15) is 12.4 Å². The molecule has 1 heterocycles. The molecule has 0 bridgehead atoms. The molecule has 0 spiro atoms. The molecule has 2 N–H and O–H groups in total. The monoisotopic (exact) mass is 316 g/mol. The zero-order valence-electron chi connectivity index (χ0n) is 11.8. The number of nitrogens with two attached hydrogens (primary N) is 1. The maximum Gasteiger partial charge on any atom is 0.138 e. The fourth-order valence-corrected chi connectivity index (χ4v) is 3.06. The quantitative estimate of drug-likeness (QED) is 0.904. The molecule has 1 fully saturated rings. The fraction of sp³-hybridized carbons (Fsp3) is 0.600. The number of nitrogens with zero attached hydrogens (tertiary/aromatic N) is 1. The van der Waals surface area contributed by atoms with Crippen LogP contribution in [0.25, 0.3) is 0 Å². The van der Waals surface area contributed by atoms with Gasteiger partial charge >= 0.3 is 0 Å². The van der Waals surface area contributed by atoms with Crippen molar-refractivity contribution in [2.45, 2.75) is 25.8 Å². The molecule has 0 aromatic heterocycles. The number of rotatable bonds is 5. The number of likely N-dealkylation sites (tertiary alicyclic amines) is 1. The van der Waals surface area contributed by atoms with Crippen molar-refractivity contribution in [3.63, 3.8) is 0 Å². The van der Waals surface area contributed by atoms with Crippen LogP contribution in [0.1, 0.15) is 19.8 Å². The largest absolute Gasteiger partial charge is 0.491 e. The maximum absolute atomic E-state index is 6.08. The Morgan fingerprint density at radius 3 is 2.95 bits per heavy atom. The molecule has 1 aliphatic heterocycles. The van der Waals surface area contributed by atoms with Gasteiger partial charge in [-0.3, -0.25) is 4.90 Å². The average molecular weight is 317 g/mol. The highest BCUT2D eigenvalue weighted by Gasteiger charge is 2.22. The summed E-state index contributed by atoms with van der Waals surface area (Å²) < 4.78 is 5.73. The molecule has 1 aromatic carbocycles. The summed E-state index contributed by atoms with van der Waals surface area (Å²) in [5, 5.41) is 1.18. The minimum Gasteiger partial charge on any atom is -0.491 e. The molecule has 1 aliphatic rings. The summed E-state index contributed by atoms with van der Waals surface area (Å²) >= 11 is 11.9. The van der Waals surface area contributed by atoms with E-state index in [1.165, 1.54) is 12.8 Å². The van der Waals surface area contributed by atoms with E-state index in [-0.39, 0.29) is 6.04 Å². The predicted octanol–water partition coefficient (Wildman–Crippen LogP) is 3.43. The molecule has 3 nitrogen and oxygen atoms in total. The Hall–Kier alpha value is -0.480. The molecule has 5 heteroatoms. The highest BCUT2D eigenvalue weighted by atomic mass is 35.5. The molecule has 0 radical (unpaired) electrons. The first kappa shape index (κ1) is 15.9. The van der Waals surface area contributed by atoms with Crippen molar-refractivity contribution >= 4 is 23.2 Å². The first-order valence-corrected chi connectivity index (χ1v) is 7.87. The molecular weight excluding hydrogens is 295 g/mol. The first-order valence-electron chi connectivity index (χ1n) is 7.12. The van der Waals surface area contributed by atoms with Crippen molar-refractivity contribution in [3.8, 4) is 5.75 Å². The summed E-state index contributed by atoms with van der Waals surface area (Å²) in [5.74, 6) is 1.29. The molecule has 1 saturated heterocycles. The minimum absolute atomic E-state index is 0.268. The molecule has 0 aliphatic carbocycles. The molecule has 1 aromatic rings. The lowest BCUT2D eigenvalue weighted by atomic mass is 9.92. The zero-order chi connectivity index (χ0) is 14.5. The highest BCUT2D eigenvalue weighted by Crippen LogP contribution is 2.27. The Balaban J connectivity index is 1.78. The van der Waals surface area contributed by atoms with Crippen molar-refractivity contribution in [1.29, 1.82) is 0 Å². The van der Waals surface area contributed by atoms with Crippen molar-refractivity contribution in [3.05, 3.63) is 28.2 Å². The SMILES string of the molecule is CC(N)C1CCCN(CCOc2ccc(Cl)cc2Cl)C1. The number of hydrogen-bond acceptors (Lipinski definition) is 3. The van der Waals surface area contributed by atoms with E-state index >= 15 is 0 Å². The van der Waals surface area contributed by atoms with Crippen LogP contribution in [0.5, 0.6) is 5.75 Å². The predicted molar refractivity (Wildman–Crippen MR) is 84.8 cm³/mol. The fourth-order valence-electron chi connectivity index (χ4n) is 2.60. The molecular formula is C15H22Cl2N2O. The average Bonchev–Trinajstić information content (AvgIpc) is 2.41. The molecule has 2 atom stereocenters. The van der Waals surface area contributed by atoms with Crippen molar-refractivity contribution in [1.82, 2.24) is 4.90 Å². The summed E-state index contributed by atoms with van der Waals surface area (Å²) in [4.78, 5) is 2.42. The Labute approximate surface area is 131 Å². The van der Waals surface area contributed by atoms with Gasteiger partial charge in [0.2, 0.25) is 0 Å². The second-order valence-electron chi connectivity index (χ2n) is 5.49. The lowest BCUT2D eigenvalue weighted by Gasteiger charge is -2.34. The summed E-state index contributed by atoms with van der Waals surface area (Å²) in [5.41, 5.74) is 6.00. The van der Waals surface area contributed by atoms with E-state index in [4.69, 9.17) is 33.7 Å². The van der Waals surface area contributed by atoms with Crippen LogP contribution < -0.4 is 10.5 Å². The number of hydrogen-bond donors (Lipinski definition) is 1. The normalized spacial score (nSPS) is 21.7. The summed E-state index contributed by atoms with van der Waals surface area (Å²) in [7, 11) is 0. The van der Waals surface area contributed by atoms with E-state index in [2.05, 4.69) is 11.8 Å². The summed E-state index contributed by atoms with van der Waals surface area (Å²) in [6.07, 6.45) is 2.45. The zero-order valence-corrected chi connectivity index (χ0v) is 13.3. The third-order valence-corrected chi connectivity index (χ3v) is 4.38. The molecule has 0 amide bonds. The number of benzene rings is 1. The molecule has 112 valence electrons. The van der Waals surface area contributed by atoms with E-state index in [0.29, 0.717) is 28.3 Å². The van der Waals surface area contributed by atoms with Gasteiger partial charge in [-0.25, -0.2) is 0 Å². The molecule has 2 unspecified atom stereocenters. The third-order valence-electron chi connectivity index (χ3n) is 3.84. The summed E-state index contributed by atoms with van der Waals surface area (Å²) in [6, 6.07) is 5.57. The number of ether oxygens (including phenoxy) is 1. The molecule has 2 rings (SSSR count). The van der Waals surface area contributed by atoms with Crippen LogP contribution in [0.2, 0.25) is 10.0 Å². The number of piperidine rings is 1. The van der Waals surface area contributed by atoms with Gasteiger partial charge in [-0.2, -0.15) is 0 Å². The van der Waals surface area contributed by atoms with E-state index in [9.17, 15) is 0 Å². The Bertz CT molecular complexity index is 440. The van der Waals surface area contributed by atoms with Crippen LogP contribution in [-0.4, -0.2) is 37.2 Å². The topological polar surface area (TPSA) is 38.5 Å². The van der Waals surface area contributed by atoms with Gasteiger partial charge in [0.05, 0.1) is 5.02 Å². The third kappa shape index (κ3) is 4.52. The van der Waals surface area contributed by atoms with Gasteiger partial charge in [0.15, 0.2) is 0 Å². The lowest BCUT2D eigenvalue weighted by Crippen LogP contribution is -2.43. The van der Waals surface area contributed by atoms with E-state index in [1.54, 1.807) is 12.1 Å². The van der Waals surface area contributed by atoms with Gasteiger partial charge < -0.3 is 10.5 Å². The van der Waals surface area contributed by atoms with Gasteiger partial charge in [-0.15, -0.1) is 0 Å². The standard InChI is InChI=1S/C15H22Cl2N2O/c1-11(18)12-3-2-6-19(10-12)7-8-20-15-5-4-13(16)9-14(15)17/h4-5,9,11-12H,2-3,6-8,10,18H2,1H3. The molecule has 0 saturated carbocycles. The first-order chi connectivity index (χ1) is 9.56. The van der Waals surface area contributed by atoms with Crippen LogP contribution in [0.3, 0.4) is 0 Å². The van der Waals surface area contributed by atoms with Gasteiger partial charge in [-0.05, 0) is 50.4 Å². The van der Waals surface area contributed by atoms with Gasteiger partial charge in [0, 0.05) is 24.2 Å². The highest BCUT2D eigenvalue weighted by molar-refractivity contribution is 6.35. The van der Waals surface area contributed by atoms with Crippen LogP contribution in [-0.2, 0) is 0 Å².